The molecule has 0 unspecified atom stereocenters. The molecular formula is C12H12ClNO. The molecule has 0 N–H and O–H groups in total. The maximum atomic E-state index is 5.77. The Balaban J connectivity index is 2.58. The summed E-state index contributed by atoms with van der Waals surface area (Å²) in [4.78, 5) is 4.21. The first-order chi connectivity index (χ1) is 7.22. The average Bonchev–Trinajstić information content (AvgIpc) is 2.60. The molecule has 0 radical (unpaired) electrons. The number of rotatable bonds is 2. The number of halogens is 1. The molecule has 0 spiro atoms. The lowest BCUT2D eigenvalue weighted by atomic mass is 10.0. The van der Waals surface area contributed by atoms with Gasteiger partial charge in [0.2, 0.25) is 0 Å². The van der Waals surface area contributed by atoms with Gasteiger partial charge in [-0.25, -0.2) is 0 Å². The van der Waals surface area contributed by atoms with Crippen molar-refractivity contribution in [3.63, 3.8) is 0 Å². The summed E-state index contributed by atoms with van der Waals surface area (Å²) >= 11 is 5.77. The number of oxazole rings is 1. The fraction of sp³-hybridized carbons (Fsp3) is 0.250. The van der Waals surface area contributed by atoms with Gasteiger partial charge in [-0.1, -0.05) is 31.2 Å². The summed E-state index contributed by atoms with van der Waals surface area (Å²) in [6.07, 6.45) is 0.795. The van der Waals surface area contributed by atoms with Crippen LogP contribution in [0.3, 0.4) is 0 Å². The molecule has 2 rings (SSSR count). The van der Waals surface area contributed by atoms with E-state index < -0.39 is 0 Å². The molecule has 1 aromatic heterocycles. The molecule has 0 aliphatic rings. The van der Waals surface area contributed by atoms with Crippen LogP contribution in [0.25, 0.3) is 11.3 Å². The van der Waals surface area contributed by atoms with E-state index in [-0.39, 0.29) is 5.35 Å². The van der Waals surface area contributed by atoms with Crippen LogP contribution in [0.4, 0.5) is 0 Å². The number of hydrogen-bond donors (Lipinski definition) is 0. The zero-order chi connectivity index (χ0) is 10.8. The maximum Gasteiger partial charge on any atom is 0.292 e. The Morgan fingerprint density at radius 2 is 2.07 bits per heavy atom. The Kier molecular flexibility index (Phi) is 2.78. The molecule has 0 fully saturated rings. The highest BCUT2D eigenvalue weighted by Gasteiger charge is 2.13. The molecule has 0 atom stereocenters. The molecule has 78 valence electrons. The summed E-state index contributed by atoms with van der Waals surface area (Å²) in [5.41, 5.74) is 3.13. The van der Waals surface area contributed by atoms with Gasteiger partial charge in [-0.15, -0.1) is 0 Å². The third kappa shape index (κ3) is 1.90. The third-order valence-corrected chi connectivity index (χ3v) is 2.55. The quantitative estimate of drug-likeness (QED) is 0.770. The summed E-state index contributed by atoms with van der Waals surface area (Å²) in [5.74, 6) is 0.842. The molecule has 1 aromatic carbocycles. The average molecular weight is 222 g/mol. The van der Waals surface area contributed by atoms with Gasteiger partial charge < -0.3 is 4.42 Å². The predicted molar refractivity (Wildman–Crippen MR) is 61.1 cm³/mol. The van der Waals surface area contributed by atoms with Crippen molar-refractivity contribution in [3.05, 3.63) is 40.9 Å². The van der Waals surface area contributed by atoms with Gasteiger partial charge in [0.25, 0.3) is 5.35 Å². The highest BCUT2D eigenvalue weighted by molar-refractivity contribution is 6.27. The van der Waals surface area contributed by atoms with Crippen molar-refractivity contribution in [2.75, 3.05) is 0 Å². The minimum atomic E-state index is 0.213. The summed E-state index contributed by atoms with van der Waals surface area (Å²) in [5, 5.41) is 0.213. The predicted octanol–water partition coefficient (Wildman–Crippen LogP) is 3.87. The first kappa shape index (κ1) is 10.2. The molecule has 0 aliphatic heterocycles. The van der Waals surface area contributed by atoms with Crippen molar-refractivity contribution >= 4 is 11.6 Å². The molecule has 0 aliphatic carbocycles. The SMILES string of the molecule is CCc1oc(Cl)nc1-c1ccccc1C. The van der Waals surface area contributed by atoms with E-state index in [0.717, 1.165) is 23.4 Å². The van der Waals surface area contributed by atoms with E-state index in [1.165, 1.54) is 5.56 Å². The minimum absolute atomic E-state index is 0.213. The number of nitrogens with zero attached hydrogens (tertiary/aromatic N) is 1. The van der Waals surface area contributed by atoms with Crippen molar-refractivity contribution in [1.82, 2.24) is 4.98 Å². The van der Waals surface area contributed by atoms with E-state index in [1.54, 1.807) is 0 Å². The molecule has 0 saturated carbocycles. The van der Waals surface area contributed by atoms with E-state index in [0.29, 0.717) is 0 Å². The Morgan fingerprint density at radius 1 is 1.33 bits per heavy atom. The van der Waals surface area contributed by atoms with Crippen LogP contribution in [0.5, 0.6) is 0 Å². The topological polar surface area (TPSA) is 26.0 Å². The summed E-state index contributed by atoms with van der Waals surface area (Å²) in [6.45, 7) is 4.08. The van der Waals surface area contributed by atoms with E-state index in [2.05, 4.69) is 18.0 Å². The molecule has 0 amide bonds. The van der Waals surface area contributed by atoms with E-state index in [4.69, 9.17) is 16.0 Å². The van der Waals surface area contributed by atoms with Gasteiger partial charge in [-0.05, 0) is 24.1 Å². The van der Waals surface area contributed by atoms with Crippen molar-refractivity contribution < 1.29 is 4.42 Å². The molecular weight excluding hydrogens is 210 g/mol. The second kappa shape index (κ2) is 4.07. The molecule has 2 aromatic rings. The zero-order valence-electron chi connectivity index (χ0n) is 8.75. The van der Waals surface area contributed by atoms with Gasteiger partial charge in [0.1, 0.15) is 11.5 Å². The molecule has 1 heterocycles. The van der Waals surface area contributed by atoms with Crippen LogP contribution in [-0.2, 0) is 6.42 Å². The van der Waals surface area contributed by atoms with Crippen molar-refractivity contribution in [1.29, 1.82) is 0 Å². The molecule has 0 bridgehead atoms. The lowest BCUT2D eigenvalue weighted by Gasteiger charge is -2.02. The number of aryl methyl sites for hydroxylation is 2. The van der Waals surface area contributed by atoms with Crippen LogP contribution in [0.15, 0.2) is 28.7 Å². The van der Waals surface area contributed by atoms with Crippen LogP contribution < -0.4 is 0 Å². The molecule has 0 saturated heterocycles. The lowest BCUT2D eigenvalue weighted by Crippen LogP contribution is -1.87. The number of benzene rings is 1. The first-order valence-corrected chi connectivity index (χ1v) is 5.31. The Labute approximate surface area is 93.9 Å². The molecule has 15 heavy (non-hydrogen) atoms. The van der Waals surface area contributed by atoms with Gasteiger partial charge >= 0.3 is 0 Å². The van der Waals surface area contributed by atoms with Crippen molar-refractivity contribution in [2.45, 2.75) is 20.3 Å². The normalized spacial score (nSPS) is 10.6. The number of hydrogen-bond acceptors (Lipinski definition) is 2. The number of aromatic nitrogens is 1. The third-order valence-electron chi connectivity index (χ3n) is 2.39. The molecule has 3 heteroatoms. The van der Waals surface area contributed by atoms with Crippen LogP contribution >= 0.6 is 11.6 Å². The van der Waals surface area contributed by atoms with Gasteiger partial charge in [0.15, 0.2) is 0 Å². The van der Waals surface area contributed by atoms with E-state index in [9.17, 15) is 0 Å². The highest BCUT2D eigenvalue weighted by Crippen LogP contribution is 2.28. The summed E-state index contributed by atoms with van der Waals surface area (Å²) in [7, 11) is 0. The minimum Gasteiger partial charge on any atom is -0.432 e. The van der Waals surface area contributed by atoms with Crippen LogP contribution in [0, 0.1) is 6.92 Å². The smallest absolute Gasteiger partial charge is 0.292 e. The fourth-order valence-electron chi connectivity index (χ4n) is 1.61. The van der Waals surface area contributed by atoms with Gasteiger partial charge in [0, 0.05) is 12.0 Å². The second-order valence-electron chi connectivity index (χ2n) is 3.41. The fourth-order valence-corrected chi connectivity index (χ4v) is 1.79. The standard InChI is InChI=1S/C12H12ClNO/c1-3-10-11(14-12(13)15-10)9-7-5-4-6-8(9)2/h4-7H,3H2,1-2H3. The molecule has 2 nitrogen and oxygen atoms in total. The summed E-state index contributed by atoms with van der Waals surface area (Å²) in [6, 6.07) is 8.08. The Bertz CT molecular complexity index is 476. The Morgan fingerprint density at radius 3 is 2.73 bits per heavy atom. The van der Waals surface area contributed by atoms with Crippen LogP contribution in [0.1, 0.15) is 18.2 Å². The van der Waals surface area contributed by atoms with E-state index in [1.807, 2.05) is 25.1 Å². The van der Waals surface area contributed by atoms with Crippen molar-refractivity contribution in [2.24, 2.45) is 0 Å². The largest absolute Gasteiger partial charge is 0.432 e. The highest BCUT2D eigenvalue weighted by atomic mass is 35.5. The first-order valence-electron chi connectivity index (χ1n) is 4.93. The van der Waals surface area contributed by atoms with Gasteiger partial charge in [-0.3, -0.25) is 0 Å². The monoisotopic (exact) mass is 221 g/mol. The van der Waals surface area contributed by atoms with Crippen LogP contribution in [-0.4, -0.2) is 4.98 Å². The van der Waals surface area contributed by atoms with Crippen molar-refractivity contribution in [3.8, 4) is 11.3 Å². The Hall–Kier alpha value is -1.28. The second-order valence-corrected chi connectivity index (χ2v) is 3.73. The zero-order valence-corrected chi connectivity index (χ0v) is 9.51. The van der Waals surface area contributed by atoms with Gasteiger partial charge in [-0.2, -0.15) is 4.98 Å². The maximum absolute atomic E-state index is 5.77. The van der Waals surface area contributed by atoms with Crippen LogP contribution in [0.2, 0.25) is 5.35 Å². The van der Waals surface area contributed by atoms with E-state index >= 15 is 0 Å². The lowest BCUT2D eigenvalue weighted by molar-refractivity contribution is 0.513. The summed E-state index contributed by atoms with van der Waals surface area (Å²) < 4.78 is 5.33. The van der Waals surface area contributed by atoms with Gasteiger partial charge in [0.05, 0.1) is 0 Å².